The molecule has 2 N–H and O–H groups in total. The zero-order valence-corrected chi connectivity index (χ0v) is 23.0. The quantitative estimate of drug-likeness (QED) is 0.118. The Morgan fingerprint density at radius 3 is 2.50 bits per heavy atom. The summed E-state index contributed by atoms with van der Waals surface area (Å²) >= 11 is 0. The van der Waals surface area contributed by atoms with Gasteiger partial charge in [0, 0.05) is 24.5 Å². The van der Waals surface area contributed by atoms with Gasteiger partial charge in [0.25, 0.3) is 0 Å². The van der Waals surface area contributed by atoms with Crippen LogP contribution in [0.5, 0.6) is 5.75 Å². The van der Waals surface area contributed by atoms with Gasteiger partial charge in [-0.1, -0.05) is 12.1 Å². The second-order valence-electron chi connectivity index (χ2n) is 10.3. The van der Waals surface area contributed by atoms with Crippen molar-refractivity contribution in [2.75, 3.05) is 18.2 Å². The second kappa shape index (κ2) is 12.2. The van der Waals surface area contributed by atoms with Gasteiger partial charge in [-0.3, -0.25) is 9.78 Å². The molecule has 2 amide bonds. The van der Waals surface area contributed by atoms with Gasteiger partial charge >= 0.3 is 12.0 Å². The molecule has 0 aliphatic rings. The second-order valence-corrected chi connectivity index (χ2v) is 10.3. The highest BCUT2D eigenvalue weighted by molar-refractivity contribution is 6.08. The van der Waals surface area contributed by atoms with Crippen LogP contribution >= 0.6 is 0 Å². The van der Waals surface area contributed by atoms with Gasteiger partial charge in [-0.05, 0) is 82.1 Å². The Bertz CT molecular complexity index is 1470. The molecule has 2 heterocycles. The van der Waals surface area contributed by atoms with Crippen molar-refractivity contribution in [2.24, 2.45) is 5.84 Å². The first kappa shape index (κ1) is 28.6. The molecule has 40 heavy (non-hydrogen) atoms. The molecule has 0 aliphatic heterocycles. The number of nitrogens with zero attached hydrogens (tertiary/aromatic N) is 3. The normalized spacial score (nSPS) is 11.3. The number of pyridine rings is 1. The third kappa shape index (κ3) is 6.95. The minimum atomic E-state index is -0.625. The number of rotatable bonds is 9. The number of amides is 2. The van der Waals surface area contributed by atoms with E-state index >= 15 is 0 Å². The summed E-state index contributed by atoms with van der Waals surface area (Å²) in [6.45, 7) is 8.29. The van der Waals surface area contributed by atoms with Crippen LogP contribution in [-0.2, 0) is 11.3 Å². The molecular formula is C30H33FN4O5. The standard InChI is InChI=1S/C30H33FN4O5/c1-20-26-24(9-5-10-25(26)39-27(20)28(36)35(32)23-13-11-22(31)12-14-23)38-17-7-16-34(29(37)40-30(2,3)4)19-21-8-6-15-33-18-21/h5-6,8-15,18H,7,16-17,19,32H2,1-4H3. The van der Waals surface area contributed by atoms with Crippen molar-refractivity contribution in [3.05, 3.63) is 89.7 Å². The van der Waals surface area contributed by atoms with Crippen LogP contribution in [0.25, 0.3) is 11.0 Å². The lowest BCUT2D eigenvalue weighted by atomic mass is 10.1. The number of hydrogen-bond acceptors (Lipinski definition) is 7. The maximum Gasteiger partial charge on any atom is 0.410 e. The van der Waals surface area contributed by atoms with E-state index in [-0.39, 0.29) is 5.76 Å². The zero-order valence-electron chi connectivity index (χ0n) is 23.0. The fraction of sp³-hybridized carbons (Fsp3) is 0.300. The van der Waals surface area contributed by atoms with E-state index < -0.39 is 23.4 Å². The number of carbonyl (C=O) groups excluding carboxylic acids is 2. The van der Waals surface area contributed by atoms with Crippen molar-refractivity contribution in [3.63, 3.8) is 0 Å². The summed E-state index contributed by atoms with van der Waals surface area (Å²) in [6.07, 6.45) is 3.51. The highest BCUT2D eigenvalue weighted by Crippen LogP contribution is 2.34. The van der Waals surface area contributed by atoms with E-state index in [0.29, 0.717) is 54.1 Å². The van der Waals surface area contributed by atoms with Crippen molar-refractivity contribution in [1.82, 2.24) is 9.88 Å². The monoisotopic (exact) mass is 548 g/mol. The minimum Gasteiger partial charge on any atom is -0.493 e. The number of furan rings is 1. The maximum absolute atomic E-state index is 13.3. The third-order valence-corrected chi connectivity index (χ3v) is 6.01. The molecule has 0 fully saturated rings. The largest absolute Gasteiger partial charge is 0.493 e. The molecule has 0 atom stereocenters. The summed E-state index contributed by atoms with van der Waals surface area (Å²) < 4.78 is 30.8. The van der Waals surface area contributed by atoms with Crippen molar-refractivity contribution >= 4 is 28.7 Å². The first-order valence-electron chi connectivity index (χ1n) is 12.9. The highest BCUT2D eigenvalue weighted by atomic mass is 19.1. The predicted molar refractivity (Wildman–Crippen MR) is 149 cm³/mol. The van der Waals surface area contributed by atoms with Crippen molar-refractivity contribution in [3.8, 4) is 5.75 Å². The van der Waals surface area contributed by atoms with E-state index in [1.165, 1.54) is 24.3 Å². The topological polar surface area (TPSA) is 111 Å². The maximum atomic E-state index is 13.3. The number of fused-ring (bicyclic) bond motifs is 1. The number of hydrazine groups is 1. The minimum absolute atomic E-state index is 0.0606. The number of ether oxygens (including phenoxy) is 2. The van der Waals surface area contributed by atoms with Gasteiger partial charge in [0.1, 0.15) is 22.8 Å². The molecule has 0 spiro atoms. The van der Waals surface area contributed by atoms with E-state index in [0.717, 1.165) is 10.6 Å². The number of aryl methyl sites for hydroxylation is 1. The fourth-order valence-electron chi connectivity index (χ4n) is 4.13. The van der Waals surface area contributed by atoms with Gasteiger partial charge in [-0.25, -0.2) is 20.0 Å². The predicted octanol–water partition coefficient (Wildman–Crippen LogP) is 6.00. The molecule has 0 unspecified atom stereocenters. The number of halogens is 1. The van der Waals surface area contributed by atoms with E-state index in [4.69, 9.17) is 19.7 Å². The molecule has 210 valence electrons. The van der Waals surface area contributed by atoms with Gasteiger partial charge in [0.15, 0.2) is 5.76 Å². The van der Waals surface area contributed by atoms with Crippen LogP contribution in [-0.4, -0.2) is 40.6 Å². The van der Waals surface area contributed by atoms with Crippen LogP contribution < -0.4 is 15.6 Å². The van der Waals surface area contributed by atoms with E-state index in [1.807, 2.05) is 32.9 Å². The first-order chi connectivity index (χ1) is 19.0. The fourth-order valence-corrected chi connectivity index (χ4v) is 4.13. The lowest BCUT2D eigenvalue weighted by molar-refractivity contribution is 0.0225. The lowest BCUT2D eigenvalue weighted by Gasteiger charge is -2.27. The molecule has 2 aromatic carbocycles. The molecule has 0 aliphatic carbocycles. The molecule has 2 aromatic heterocycles. The molecule has 0 bridgehead atoms. The summed E-state index contributed by atoms with van der Waals surface area (Å²) in [7, 11) is 0. The number of benzene rings is 2. The Morgan fingerprint density at radius 1 is 1.07 bits per heavy atom. The molecular weight excluding hydrogens is 515 g/mol. The zero-order chi connectivity index (χ0) is 28.9. The lowest BCUT2D eigenvalue weighted by Crippen LogP contribution is -2.37. The van der Waals surface area contributed by atoms with E-state index in [2.05, 4.69) is 4.98 Å². The summed E-state index contributed by atoms with van der Waals surface area (Å²) in [5.41, 5.74) is 1.63. The average Bonchev–Trinajstić information content (AvgIpc) is 3.26. The smallest absolute Gasteiger partial charge is 0.410 e. The number of anilines is 1. The molecule has 9 nitrogen and oxygen atoms in total. The molecule has 0 saturated carbocycles. The summed E-state index contributed by atoms with van der Waals surface area (Å²) in [5, 5.41) is 1.57. The summed E-state index contributed by atoms with van der Waals surface area (Å²) in [5.74, 6) is 5.61. The van der Waals surface area contributed by atoms with Crippen LogP contribution in [0.4, 0.5) is 14.9 Å². The van der Waals surface area contributed by atoms with Gasteiger partial charge in [0.2, 0.25) is 0 Å². The molecule has 0 saturated heterocycles. The molecule has 4 rings (SSSR count). The van der Waals surface area contributed by atoms with Crippen LogP contribution in [0.2, 0.25) is 0 Å². The van der Waals surface area contributed by atoms with Gasteiger partial charge in [-0.15, -0.1) is 0 Å². The summed E-state index contributed by atoms with van der Waals surface area (Å²) in [4.78, 5) is 31.7. The number of aromatic nitrogens is 1. The Labute approximate surface area is 232 Å². The van der Waals surface area contributed by atoms with E-state index in [9.17, 15) is 14.0 Å². The molecule has 0 radical (unpaired) electrons. The van der Waals surface area contributed by atoms with Crippen molar-refractivity contribution in [1.29, 1.82) is 0 Å². The Morgan fingerprint density at radius 2 is 1.82 bits per heavy atom. The number of nitrogens with two attached hydrogens (primary N) is 1. The highest BCUT2D eigenvalue weighted by Gasteiger charge is 2.25. The van der Waals surface area contributed by atoms with E-state index in [1.54, 1.807) is 42.4 Å². The number of hydrogen-bond donors (Lipinski definition) is 1. The van der Waals surface area contributed by atoms with Crippen LogP contribution in [0.15, 0.2) is 71.4 Å². The SMILES string of the molecule is Cc1c(C(=O)N(N)c2ccc(F)cc2)oc2cccc(OCCCN(Cc3cccnc3)C(=O)OC(C)(C)C)c12. The number of carbonyl (C=O) groups is 2. The Balaban J connectivity index is 1.45. The Kier molecular flexibility index (Phi) is 8.69. The van der Waals surface area contributed by atoms with Gasteiger partial charge in [-0.2, -0.15) is 0 Å². The molecule has 10 heteroatoms. The molecule has 4 aromatic rings. The van der Waals surface area contributed by atoms with Crippen LogP contribution in [0.1, 0.15) is 48.9 Å². The van der Waals surface area contributed by atoms with Crippen LogP contribution in [0, 0.1) is 12.7 Å². The third-order valence-electron chi connectivity index (χ3n) is 6.01. The van der Waals surface area contributed by atoms with Crippen LogP contribution in [0.3, 0.4) is 0 Å². The Hall–Kier alpha value is -4.44. The van der Waals surface area contributed by atoms with Crippen molar-refractivity contribution < 1.29 is 27.9 Å². The van der Waals surface area contributed by atoms with Gasteiger partial charge < -0.3 is 18.8 Å². The summed E-state index contributed by atoms with van der Waals surface area (Å²) in [6, 6.07) is 14.3. The van der Waals surface area contributed by atoms with Crippen molar-refractivity contribution in [2.45, 2.75) is 46.3 Å². The van der Waals surface area contributed by atoms with Gasteiger partial charge in [0.05, 0.1) is 24.2 Å². The average molecular weight is 549 g/mol. The first-order valence-corrected chi connectivity index (χ1v) is 12.9.